The van der Waals surface area contributed by atoms with Crippen molar-refractivity contribution in [2.45, 2.75) is 18.8 Å². The second-order valence-corrected chi connectivity index (χ2v) is 7.78. The minimum absolute atomic E-state index is 0.00293. The Labute approximate surface area is 165 Å². The number of thioether (sulfide) groups is 1. The van der Waals surface area contributed by atoms with Gasteiger partial charge in [-0.1, -0.05) is 46.7 Å². The lowest BCUT2D eigenvalue weighted by Gasteiger charge is -2.13. The van der Waals surface area contributed by atoms with E-state index in [0.717, 1.165) is 16.6 Å². The number of hydrogen-bond donors (Lipinski definition) is 3. The van der Waals surface area contributed by atoms with E-state index in [4.69, 9.17) is 4.74 Å². The first kappa shape index (κ1) is 18.7. The normalized spacial score (nSPS) is 18.0. The van der Waals surface area contributed by atoms with Gasteiger partial charge in [-0.2, -0.15) is 0 Å². The number of phenolic OH excluding ortho intramolecular Hbond substituents is 1. The fourth-order valence-electron chi connectivity index (χ4n) is 2.55. The predicted molar refractivity (Wildman–Crippen MR) is 109 cm³/mol. The first-order chi connectivity index (χ1) is 12.5. The van der Waals surface area contributed by atoms with Gasteiger partial charge >= 0.3 is 0 Å². The molecule has 0 spiro atoms. The molecule has 1 fully saturated rings. The smallest absolute Gasteiger partial charge is 0.260 e. The maximum atomic E-state index is 12.3. The Morgan fingerprint density at radius 1 is 1.35 bits per heavy atom. The molecule has 2 aromatic rings. The summed E-state index contributed by atoms with van der Waals surface area (Å²) in [4.78, 5) is 12.8. The first-order valence-corrected chi connectivity index (χ1v) is 9.78. The summed E-state index contributed by atoms with van der Waals surface area (Å²) in [5.74, 6) is 0.166. The SMILES string of the molecule is CCc1ccc(N[C@H]2NC(=O)/C(=C/c3cc(Br)cc(OC)c3O)S2)cc1. The van der Waals surface area contributed by atoms with Crippen LogP contribution in [0, 0.1) is 0 Å². The van der Waals surface area contributed by atoms with Gasteiger partial charge in [0.2, 0.25) is 0 Å². The number of ether oxygens (including phenoxy) is 1. The summed E-state index contributed by atoms with van der Waals surface area (Å²) in [6.07, 6.45) is 2.64. The van der Waals surface area contributed by atoms with Crippen LogP contribution in [0.5, 0.6) is 11.5 Å². The van der Waals surface area contributed by atoms with Gasteiger partial charge in [-0.3, -0.25) is 4.79 Å². The standard InChI is InChI=1S/C19H19BrN2O3S/c1-3-11-4-6-14(7-5-11)21-19-22-18(24)16(26-19)9-12-8-13(20)10-15(25-2)17(12)23/h4-10,19,21,23H,3H2,1-2H3,(H,22,24)/b16-9-/t19-/m0/s1. The van der Waals surface area contributed by atoms with Crippen molar-refractivity contribution in [1.29, 1.82) is 0 Å². The number of carbonyl (C=O) groups excluding carboxylic acids is 1. The molecular weight excluding hydrogens is 416 g/mol. The highest BCUT2D eigenvalue weighted by atomic mass is 79.9. The molecule has 7 heteroatoms. The van der Waals surface area contributed by atoms with Gasteiger partial charge in [0.15, 0.2) is 17.0 Å². The molecule has 1 amide bonds. The number of methoxy groups -OCH3 is 1. The molecule has 0 radical (unpaired) electrons. The molecule has 0 aromatic heterocycles. The highest BCUT2D eigenvalue weighted by Gasteiger charge is 2.27. The molecule has 0 unspecified atom stereocenters. The van der Waals surface area contributed by atoms with Gasteiger partial charge in [0.05, 0.1) is 12.0 Å². The average Bonchev–Trinajstić information content (AvgIpc) is 2.97. The molecule has 0 aliphatic carbocycles. The summed E-state index contributed by atoms with van der Waals surface area (Å²) in [5, 5.41) is 16.4. The molecule has 1 aliphatic heterocycles. The average molecular weight is 435 g/mol. The Morgan fingerprint density at radius 3 is 2.73 bits per heavy atom. The number of rotatable bonds is 5. The van der Waals surface area contributed by atoms with Crippen molar-refractivity contribution in [3.63, 3.8) is 0 Å². The molecule has 0 saturated carbocycles. The maximum Gasteiger partial charge on any atom is 0.260 e. The van der Waals surface area contributed by atoms with Crippen LogP contribution in [0.3, 0.4) is 0 Å². The molecule has 1 heterocycles. The van der Waals surface area contributed by atoms with Gasteiger partial charge in [0, 0.05) is 15.7 Å². The number of aryl methyl sites for hydroxylation is 1. The zero-order valence-electron chi connectivity index (χ0n) is 14.4. The topological polar surface area (TPSA) is 70.6 Å². The second-order valence-electron chi connectivity index (χ2n) is 5.72. The molecule has 1 saturated heterocycles. The summed E-state index contributed by atoms with van der Waals surface area (Å²) in [6.45, 7) is 2.11. The minimum Gasteiger partial charge on any atom is -0.504 e. The molecule has 136 valence electrons. The lowest BCUT2D eigenvalue weighted by atomic mass is 10.1. The molecule has 3 N–H and O–H groups in total. The molecule has 1 atom stereocenters. The number of carbonyl (C=O) groups is 1. The van der Waals surface area contributed by atoms with Crippen molar-refractivity contribution in [3.8, 4) is 11.5 Å². The second kappa shape index (κ2) is 8.05. The van der Waals surface area contributed by atoms with Crippen molar-refractivity contribution < 1.29 is 14.6 Å². The largest absolute Gasteiger partial charge is 0.504 e. The lowest BCUT2D eigenvalue weighted by Crippen LogP contribution is -2.30. The molecule has 0 bridgehead atoms. The Kier molecular flexibility index (Phi) is 5.78. The highest BCUT2D eigenvalue weighted by molar-refractivity contribution is 9.10. The van der Waals surface area contributed by atoms with Crippen LogP contribution >= 0.6 is 27.7 Å². The van der Waals surface area contributed by atoms with Crippen LogP contribution in [0.1, 0.15) is 18.1 Å². The van der Waals surface area contributed by atoms with E-state index >= 15 is 0 Å². The number of halogens is 1. The van der Waals surface area contributed by atoms with E-state index in [0.29, 0.717) is 16.2 Å². The number of nitrogens with one attached hydrogen (secondary N) is 2. The van der Waals surface area contributed by atoms with Gasteiger partial charge in [-0.05, 0) is 42.3 Å². The number of aromatic hydroxyl groups is 1. The summed E-state index contributed by atoms with van der Waals surface area (Å²) in [7, 11) is 1.49. The summed E-state index contributed by atoms with van der Waals surface area (Å²) < 4.78 is 5.91. The number of phenols is 1. The van der Waals surface area contributed by atoms with Crippen LogP contribution < -0.4 is 15.4 Å². The number of benzene rings is 2. The van der Waals surface area contributed by atoms with E-state index in [9.17, 15) is 9.90 Å². The van der Waals surface area contributed by atoms with Crippen molar-refractivity contribution in [2.24, 2.45) is 0 Å². The van der Waals surface area contributed by atoms with Crippen molar-refractivity contribution in [1.82, 2.24) is 5.32 Å². The predicted octanol–water partition coefficient (Wildman–Crippen LogP) is 4.33. The van der Waals surface area contributed by atoms with Crippen molar-refractivity contribution in [2.75, 3.05) is 12.4 Å². The Bertz CT molecular complexity index is 853. The monoisotopic (exact) mass is 434 g/mol. The maximum absolute atomic E-state index is 12.3. The van der Waals surface area contributed by atoms with E-state index in [2.05, 4.69) is 45.6 Å². The van der Waals surface area contributed by atoms with E-state index in [1.165, 1.54) is 24.4 Å². The summed E-state index contributed by atoms with van der Waals surface area (Å²) in [6, 6.07) is 11.5. The number of anilines is 1. The Hall–Kier alpha value is -2.12. The third-order valence-corrected chi connectivity index (χ3v) is 5.45. The van der Waals surface area contributed by atoms with E-state index in [1.54, 1.807) is 18.2 Å². The fraction of sp³-hybridized carbons (Fsp3) is 0.211. The first-order valence-electron chi connectivity index (χ1n) is 8.11. The van der Waals surface area contributed by atoms with Crippen molar-refractivity contribution in [3.05, 3.63) is 56.9 Å². The van der Waals surface area contributed by atoms with Crippen LogP contribution in [-0.2, 0) is 11.2 Å². The summed E-state index contributed by atoms with van der Waals surface area (Å²) in [5.41, 5.74) is 2.45. The quantitative estimate of drug-likeness (QED) is 0.611. The molecule has 5 nitrogen and oxygen atoms in total. The molecular formula is C19H19BrN2O3S. The van der Waals surface area contributed by atoms with Crippen LogP contribution in [-0.4, -0.2) is 23.6 Å². The third kappa shape index (κ3) is 4.16. The fourth-order valence-corrected chi connectivity index (χ4v) is 3.99. The lowest BCUT2D eigenvalue weighted by molar-refractivity contribution is -0.116. The van der Waals surface area contributed by atoms with Gasteiger partial charge in [0.1, 0.15) is 0 Å². The Balaban J connectivity index is 1.77. The van der Waals surface area contributed by atoms with E-state index < -0.39 is 0 Å². The van der Waals surface area contributed by atoms with Crippen LogP contribution in [0.4, 0.5) is 5.69 Å². The molecule has 1 aliphatic rings. The van der Waals surface area contributed by atoms with Gasteiger partial charge in [0.25, 0.3) is 5.91 Å². The molecule has 26 heavy (non-hydrogen) atoms. The number of hydrogen-bond acceptors (Lipinski definition) is 5. The van der Waals surface area contributed by atoms with Crippen molar-refractivity contribution >= 4 is 45.4 Å². The molecule has 2 aromatic carbocycles. The van der Waals surface area contributed by atoms with Crippen LogP contribution in [0.2, 0.25) is 0 Å². The zero-order chi connectivity index (χ0) is 18.7. The van der Waals surface area contributed by atoms with Crippen LogP contribution in [0.25, 0.3) is 6.08 Å². The van der Waals surface area contributed by atoms with E-state index in [1.807, 2.05) is 12.1 Å². The van der Waals surface area contributed by atoms with Crippen LogP contribution in [0.15, 0.2) is 45.8 Å². The minimum atomic E-state index is -0.266. The van der Waals surface area contributed by atoms with Gasteiger partial charge in [-0.15, -0.1) is 0 Å². The highest BCUT2D eigenvalue weighted by Crippen LogP contribution is 2.37. The van der Waals surface area contributed by atoms with Gasteiger partial charge < -0.3 is 20.5 Å². The van der Waals surface area contributed by atoms with Gasteiger partial charge in [-0.25, -0.2) is 0 Å². The number of amides is 1. The molecule has 3 rings (SSSR count). The van der Waals surface area contributed by atoms with E-state index in [-0.39, 0.29) is 17.2 Å². The Morgan fingerprint density at radius 2 is 2.08 bits per heavy atom. The third-order valence-electron chi connectivity index (χ3n) is 3.97. The summed E-state index contributed by atoms with van der Waals surface area (Å²) >= 11 is 4.75. The zero-order valence-corrected chi connectivity index (χ0v) is 16.8.